The van der Waals surface area contributed by atoms with E-state index in [2.05, 4.69) is 15.6 Å². The maximum atomic E-state index is 12.2. The molecule has 0 spiro atoms. The van der Waals surface area contributed by atoms with E-state index >= 15 is 0 Å². The van der Waals surface area contributed by atoms with Crippen molar-refractivity contribution in [1.82, 2.24) is 10.3 Å². The van der Waals surface area contributed by atoms with Gasteiger partial charge in [0.15, 0.2) is 0 Å². The molecular weight excluding hydrogens is 325 g/mol. The van der Waals surface area contributed by atoms with Crippen molar-refractivity contribution in [1.29, 1.82) is 0 Å². The van der Waals surface area contributed by atoms with Crippen LogP contribution in [-0.2, 0) is 0 Å². The number of benzene rings is 1. The number of amides is 2. The summed E-state index contributed by atoms with van der Waals surface area (Å²) in [4.78, 5) is 27.8. The van der Waals surface area contributed by atoms with Crippen LogP contribution in [0.1, 0.15) is 26.3 Å². The largest absolute Gasteiger partial charge is 0.355 e. The maximum Gasteiger partial charge on any atom is 0.257 e. The molecule has 0 aliphatic heterocycles. The number of carbonyl (C=O) groups excluding carboxylic acids is 2. The number of hydrogen-bond donors (Lipinski definition) is 2. The minimum absolute atomic E-state index is 0.135. The Morgan fingerprint density at radius 3 is 2.55 bits per heavy atom. The van der Waals surface area contributed by atoms with Crippen molar-refractivity contribution in [2.24, 2.45) is 0 Å². The zero-order chi connectivity index (χ0) is 16.3. The van der Waals surface area contributed by atoms with E-state index in [-0.39, 0.29) is 27.6 Å². The number of nitrogens with one attached hydrogen (secondary N) is 2. The molecule has 0 radical (unpaired) electrons. The lowest BCUT2D eigenvalue weighted by Crippen LogP contribution is -2.20. The second-order valence-corrected chi connectivity index (χ2v) is 5.27. The van der Waals surface area contributed by atoms with Gasteiger partial charge in [0.2, 0.25) is 0 Å². The zero-order valence-corrected chi connectivity index (χ0v) is 13.4. The molecule has 1 aromatic heterocycles. The van der Waals surface area contributed by atoms with Gasteiger partial charge in [-0.2, -0.15) is 0 Å². The summed E-state index contributed by atoms with van der Waals surface area (Å²) < 4.78 is 0. The molecule has 1 heterocycles. The van der Waals surface area contributed by atoms with Crippen molar-refractivity contribution in [3.63, 3.8) is 0 Å². The first-order valence-corrected chi connectivity index (χ1v) is 7.13. The molecule has 0 aliphatic rings. The molecule has 2 N–H and O–H groups in total. The van der Waals surface area contributed by atoms with Crippen molar-refractivity contribution in [3.8, 4) is 0 Å². The van der Waals surface area contributed by atoms with Crippen molar-refractivity contribution in [2.45, 2.75) is 6.92 Å². The molecule has 2 aromatic rings. The quantitative estimate of drug-likeness (QED) is 0.844. The highest BCUT2D eigenvalue weighted by molar-refractivity contribution is 6.41. The summed E-state index contributed by atoms with van der Waals surface area (Å²) in [5.74, 6) is -0.604. The average molecular weight is 338 g/mol. The summed E-state index contributed by atoms with van der Waals surface area (Å²) in [7, 11) is 1.55. The highest BCUT2D eigenvalue weighted by Gasteiger charge is 2.14. The van der Waals surface area contributed by atoms with Gasteiger partial charge in [0.1, 0.15) is 5.15 Å². The van der Waals surface area contributed by atoms with Crippen LogP contribution in [0.15, 0.2) is 30.5 Å². The minimum Gasteiger partial charge on any atom is -0.355 e. The van der Waals surface area contributed by atoms with Gasteiger partial charge in [-0.15, -0.1) is 0 Å². The normalized spacial score (nSPS) is 10.2. The van der Waals surface area contributed by atoms with E-state index in [1.165, 1.54) is 12.3 Å². The van der Waals surface area contributed by atoms with Crippen LogP contribution in [0.5, 0.6) is 0 Å². The van der Waals surface area contributed by atoms with E-state index in [1.54, 1.807) is 32.2 Å². The number of rotatable bonds is 3. The molecule has 22 heavy (non-hydrogen) atoms. The van der Waals surface area contributed by atoms with Gasteiger partial charge < -0.3 is 10.6 Å². The zero-order valence-electron chi connectivity index (χ0n) is 11.9. The van der Waals surface area contributed by atoms with Gasteiger partial charge in [0.25, 0.3) is 11.8 Å². The Kier molecular flexibility index (Phi) is 5.00. The number of carbonyl (C=O) groups is 2. The fourth-order valence-corrected chi connectivity index (χ4v) is 2.16. The predicted molar refractivity (Wildman–Crippen MR) is 86.8 cm³/mol. The minimum atomic E-state index is -0.386. The van der Waals surface area contributed by atoms with E-state index in [4.69, 9.17) is 23.2 Å². The number of nitrogens with zero attached hydrogens (tertiary/aromatic N) is 1. The Morgan fingerprint density at radius 2 is 1.91 bits per heavy atom. The third kappa shape index (κ3) is 3.37. The van der Waals surface area contributed by atoms with Crippen molar-refractivity contribution < 1.29 is 9.59 Å². The van der Waals surface area contributed by atoms with Gasteiger partial charge in [-0.25, -0.2) is 4.98 Å². The second kappa shape index (κ2) is 6.77. The summed E-state index contributed by atoms with van der Waals surface area (Å²) in [6.45, 7) is 1.76. The van der Waals surface area contributed by atoms with Crippen LogP contribution in [0.4, 0.5) is 5.69 Å². The van der Waals surface area contributed by atoms with Crippen LogP contribution in [0.3, 0.4) is 0 Å². The monoisotopic (exact) mass is 337 g/mol. The smallest absolute Gasteiger partial charge is 0.257 e. The standard InChI is InChI=1S/C15H13Cl2N3O2/c1-8-10(15(22)18-2)4-3-5-12(8)20-14(21)9-6-11(16)13(17)19-7-9/h3-7H,1-2H3,(H,18,22)(H,20,21). The molecule has 7 heteroatoms. The maximum absolute atomic E-state index is 12.2. The topological polar surface area (TPSA) is 71.1 Å². The Balaban J connectivity index is 2.28. The van der Waals surface area contributed by atoms with Gasteiger partial charge in [0.05, 0.1) is 10.6 Å². The summed E-state index contributed by atoms with van der Waals surface area (Å²) >= 11 is 11.6. The van der Waals surface area contributed by atoms with Crippen molar-refractivity contribution >= 4 is 40.7 Å². The predicted octanol–water partition coefficient (Wildman–Crippen LogP) is 3.31. The molecule has 114 valence electrons. The Morgan fingerprint density at radius 1 is 1.18 bits per heavy atom. The van der Waals surface area contributed by atoms with Gasteiger partial charge >= 0.3 is 0 Å². The lowest BCUT2D eigenvalue weighted by atomic mass is 10.1. The van der Waals surface area contributed by atoms with Crippen LogP contribution in [0.2, 0.25) is 10.2 Å². The van der Waals surface area contributed by atoms with Gasteiger partial charge in [-0.3, -0.25) is 9.59 Å². The van der Waals surface area contributed by atoms with Crippen molar-refractivity contribution in [2.75, 3.05) is 12.4 Å². The Hall–Kier alpha value is -2.11. The molecule has 0 bridgehead atoms. The van der Waals surface area contributed by atoms with Crippen LogP contribution >= 0.6 is 23.2 Å². The SMILES string of the molecule is CNC(=O)c1cccc(NC(=O)c2cnc(Cl)c(Cl)c2)c1C. The number of aromatic nitrogens is 1. The van der Waals surface area contributed by atoms with Gasteiger partial charge in [-0.05, 0) is 30.7 Å². The number of hydrogen-bond acceptors (Lipinski definition) is 3. The lowest BCUT2D eigenvalue weighted by molar-refractivity contribution is 0.0960. The van der Waals surface area contributed by atoms with Crippen LogP contribution in [-0.4, -0.2) is 23.8 Å². The van der Waals surface area contributed by atoms with E-state index in [0.717, 1.165) is 0 Å². The molecule has 2 rings (SSSR count). The first-order valence-electron chi connectivity index (χ1n) is 6.38. The molecule has 0 saturated heterocycles. The van der Waals surface area contributed by atoms with E-state index < -0.39 is 0 Å². The molecule has 0 aliphatic carbocycles. The van der Waals surface area contributed by atoms with E-state index in [1.807, 2.05) is 0 Å². The molecule has 0 unspecified atom stereocenters. The average Bonchev–Trinajstić information content (AvgIpc) is 2.51. The molecule has 2 amide bonds. The van der Waals surface area contributed by atoms with Gasteiger partial charge in [-0.1, -0.05) is 29.3 Å². The molecule has 5 nitrogen and oxygen atoms in total. The van der Waals surface area contributed by atoms with Crippen LogP contribution in [0, 0.1) is 6.92 Å². The summed E-state index contributed by atoms with van der Waals surface area (Å²) in [5.41, 5.74) is 1.98. The first kappa shape index (κ1) is 16.3. The second-order valence-electron chi connectivity index (χ2n) is 4.51. The molecule has 1 aromatic carbocycles. The Bertz CT molecular complexity index is 748. The molecule has 0 atom stereocenters. The fourth-order valence-electron chi connectivity index (χ4n) is 1.89. The number of halogens is 2. The van der Waals surface area contributed by atoms with Gasteiger partial charge in [0, 0.05) is 24.5 Å². The Labute approximate surface area is 137 Å². The van der Waals surface area contributed by atoms with Crippen molar-refractivity contribution in [3.05, 3.63) is 57.3 Å². The molecule has 0 saturated carbocycles. The van der Waals surface area contributed by atoms with Crippen LogP contribution in [0.25, 0.3) is 0 Å². The highest BCUT2D eigenvalue weighted by atomic mass is 35.5. The number of pyridine rings is 1. The summed E-state index contributed by atoms with van der Waals surface area (Å²) in [6.07, 6.45) is 1.33. The third-order valence-electron chi connectivity index (χ3n) is 3.11. The summed E-state index contributed by atoms with van der Waals surface area (Å²) in [5, 5.41) is 5.62. The van der Waals surface area contributed by atoms with Crippen LogP contribution < -0.4 is 10.6 Å². The first-order chi connectivity index (χ1) is 10.4. The summed E-state index contributed by atoms with van der Waals surface area (Å²) in [6, 6.07) is 6.53. The molecular formula is C15H13Cl2N3O2. The van der Waals surface area contributed by atoms with E-state index in [9.17, 15) is 9.59 Å². The number of anilines is 1. The lowest BCUT2D eigenvalue weighted by Gasteiger charge is -2.12. The highest BCUT2D eigenvalue weighted by Crippen LogP contribution is 2.22. The van der Waals surface area contributed by atoms with E-state index in [0.29, 0.717) is 16.8 Å². The fraction of sp³-hybridized carbons (Fsp3) is 0.133. The third-order valence-corrected chi connectivity index (χ3v) is 3.80. The molecule has 0 fully saturated rings.